The van der Waals surface area contributed by atoms with E-state index in [1.54, 1.807) is 0 Å². The fraction of sp³-hybridized carbons (Fsp3) is 0.0388. The highest BCUT2D eigenvalue weighted by Crippen LogP contribution is 2.66. The molecule has 0 fully saturated rings. The third kappa shape index (κ3) is 12.5. The van der Waals surface area contributed by atoms with Crippen LogP contribution in [-0.2, 0) is 16.2 Å². The van der Waals surface area contributed by atoms with Crippen LogP contribution < -0.4 is 9.80 Å². The quantitative estimate of drug-likeness (QED) is 0.101. The van der Waals surface area contributed by atoms with Gasteiger partial charge in [-0.25, -0.2) is 0 Å². The Morgan fingerprint density at radius 2 is 0.389 bits per heavy atom. The second kappa shape index (κ2) is 31.5. The number of benzene rings is 20. The molecule has 2 unspecified atom stereocenters. The normalized spacial score (nSPS) is 14.7. The summed E-state index contributed by atoms with van der Waals surface area (Å²) in [6, 6.07) is 175. The van der Waals surface area contributed by atoms with Gasteiger partial charge in [-0.05, 0) is 297 Å². The van der Waals surface area contributed by atoms with Crippen molar-refractivity contribution >= 4 is 46.3 Å². The number of nitrogens with zero attached hydrogens (tertiary/aromatic N) is 2. The van der Waals surface area contributed by atoms with Crippen LogP contribution in [0, 0.1) is 0 Å². The third-order valence-corrected chi connectivity index (χ3v) is 28.6. The summed E-state index contributed by atoms with van der Waals surface area (Å²) < 4.78 is 0. The Labute approximate surface area is 767 Å². The Bertz CT molecular complexity index is 7840. The molecule has 20 aromatic carbocycles. The van der Waals surface area contributed by atoms with E-state index < -0.39 is 10.8 Å². The van der Waals surface area contributed by atoms with E-state index in [1.807, 2.05) is 12.2 Å². The Morgan fingerprint density at radius 3 is 0.748 bits per heavy atom. The van der Waals surface area contributed by atoms with Crippen molar-refractivity contribution in [2.75, 3.05) is 9.80 Å². The second-order valence-electron chi connectivity index (χ2n) is 35.7. The molecule has 0 bridgehead atoms. The molecule has 5 aliphatic carbocycles. The maximum atomic E-state index is 4.18. The summed E-state index contributed by atoms with van der Waals surface area (Å²) in [5.41, 5.74) is 50.9. The van der Waals surface area contributed by atoms with Crippen LogP contribution in [0.2, 0.25) is 0 Å². The lowest BCUT2D eigenvalue weighted by molar-refractivity contribution is 0.660. The van der Waals surface area contributed by atoms with Crippen molar-refractivity contribution in [2.45, 2.75) is 30.1 Å². The van der Waals surface area contributed by atoms with Gasteiger partial charge in [0.05, 0.1) is 10.8 Å². The smallest absolute Gasteiger partial charge is 0.0725 e. The number of anilines is 6. The van der Waals surface area contributed by atoms with Crippen LogP contribution in [-0.4, -0.2) is 0 Å². The second-order valence-corrected chi connectivity index (χ2v) is 35.7. The molecular weight excluding hydrogens is 1580 g/mol. The zero-order valence-corrected chi connectivity index (χ0v) is 73.0. The van der Waals surface area contributed by atoms with Crippen LogP contribution in [0.5, 0.6) is 0 Å². The first kappa shape index (κ1) is 78.0. The van der Waals surface area contributed by atoms with Gasteiger partial charge in [-0.2, -0.15) is 0 Å². The van der Waals surface area contributed by atoms with Crippen LogP contribution >= 0.6 is 0 Å². The molecule has 0 amide bonds. The number of fused-ring (bicyclic) bond motifs is 23. The number of hydrogen-bond donors (Lipinski definition) is 0. The third-order valence-electron chi connectivity index (χ3n) is 28.6. The summed E-state index contributed by atoms with van der Waals surface area (Å²) >= 11 is 0. The van der Waals surface area contributed by atoms with E-state index in [1.165, 1.54) is 189 Å². The van der Waals surface area contributed by atoms with Gasteiger partial charge < -0.3 is 9.80 Å². The molecule has 0 aromatic heterocycles. The first-order valence-electron chi connectivity index (χ1n) is 45.6. The summed E-state index contributed by atoms with van der Waals surface area (Å²) in [5.74, 6) is 0. The molecule has 0 saturated carbocycles. The zero-order valence-electron chi connectivity index (χ0n) is 73.0. The van der Waals surface area contributed by atoms with E-state index in [0.717, 1.165) is 45.3 Å². The van der Waals surface area contributed by atoms with Crippen molar-refractivity contribution < 1.29 is 0 Å². The van der Waals surface area contributed by atoms with Gasteiger partial charge in [0.25, 0.3) is 0 Å². The van der Waals surface area contributed by atoms with Crippen LogP contribution in [0.4, 0.5) is 34.1 Å². The molecule has 616 valence electrons. The van der Waals surface area contributed by atoms with Gasteiger partial charge in [-0.15, -0.1) is 0 Å². The van der Waals surface area contributed by atoms with Crippen molar-refractivity contribution in [1.82, 2.24) is 0 Å². The summed E-state index contributed by atoms with van der Waals surface area (Å²) in [6.45, 7) is 13.1. The molecule has 0 radical (unpaired) electrons. The van der Waals surface area contributed by atoms with E-state index in [0.29, 0.717) is 0 Å². The van der Waals surface area contributed by atoms with Gasteiger partial charge in [0, 0.05) is 39.5 Å². The van der Waals surface area contributed by atoms with Crippen molar-refractivity contribution in [3.63, 3.8) is 0 Å². The average molecular weight is 1670 g/mol. The molecular formula is C129H90N2. The minimum absolute atomic E-state index is 0.127. The molecule has 131 heavy (non-hydrogen) atoms. The van der Waals surface area contributed by atoms with Crippen LogP contribution in [0.1, 0.15) is 80.6 Å². The molecule has 2 nitrogen and oxygen atoms in total. The maximum absolute atomic E-state index is 4.18. The van der Waals surface area contributed by atoms with Gasteiger partial charge in [0.2, 0.25) is 0 Å². The molecule has 5 aliphatic rings. The zero-order chi connectivity index (χ0) is 87.5. The van der Waals surface area contributed by atoms with E-state index in [2.05, 4.69) is 510 Å². The largest absolute Gasteiger partial charge is 0.310 e. The van der Waals surface area contributed by atoms with Crippen LogP contribution in [0.3, 0.4) is 0 Å². The fourth-order valence-corrected chi connectivity index (χ4v) is 22.5. The molecule has 20 aromatic rings. The minimum Gasteiger partial charge on any atom is -0.310 e. The highest BCUT2D eigenvalue weighted by atomic mass is 15.1. The first-order chi connectivity index (χ1) is 64.6. The minimum atomic E-state index is -0.494. The topological polar surface area (TPSA) is 6.48 Å². The van der Waals surface area contributed by atoms with Crippen LogP contribution in [0.15, 0.2) is 486 Å². The Morgan fingerprint density at radius 1 is 0.160 bits per heavy atom. The lowest BCUT2D eigenvalue weighted by atomic mass is 9.70. The highest BCUT2D eigenvalue weighted by molar-refractivity contribution is 6.01. The van der Waals surface area contributed by atoms with Gasteiger partial charge in [-0.1, -0.05) is 415 Å². The summed E-state index contributed by atoms with van der Waals surface area (Å²) in [7, 11) is 0. The lowest BCUT2D eigenvalue weighted by Gasteiger charge is -2.31. The van der Waals surface area contributed by atoms with E-state index in [9.17, 15) is 0 Å². The summed E-state index contributed by atoms with van der Waals surface area (Å²) in [4.78, 5) is 4.82. The molecule has 0 heterocycles. The summed E-state index contributed by atoms with van der Waals surface area (Å²) in [5, 5.41) is 0. The van der Waals surface area contributed by atoms with Crippen LogP contribution in [0.25, 0.3) is 146 Å². The Hall–Kier alpha value is -16.5. The average Bonchev–Trinajstić information content (AvgIpc) is 1.51. The fourth-order valence-electron chi connectivity index (χ4n) is 22.5. The molecule has 25 rings (SSSR count). The summed E-state index contributed by atoms with van der Waals surface area (Å²) in [6.07, 6.45) is 3.94. The predicted molar refractivity (Wildman–Crippen MR) is 551 cm³/mol. The first-order valence-corrected chi connectivity index (χ1v) is 45.6. The Balaban J connectivity index is 0.000000145. The standard InChI is InChI=1S/C66H47N.C63H43N/c1-4-43-17-8-9-22-52(43)48-32-37-58-55-25-12-15-28-61(55)66(64(58)41-48)60-27-14-11-24-54(60)57-36-31-47(40-63(57)66)46-20-16-21-50(39-46)67(49-33-29-45(30-34-49)44-18-6-5-7-19-44)51-35-38-56-53-23-10-13-26-59(53)65(2,3)62(56)42-51;1-2-43-16-9-10-23-54(43)50-33-39-58-56-25-12-14-27-60(56)63(62(58)42-50)59-26-13-11-24-55(59)57-38-32-49(41-61(57)63)48-21-15-22-53(40-48)64(51-34-28-46(29-35-51)44-17-5-3-6-18-44)52-36-30-47(31-37-52)45-19-7-4-8-20-45/h4-42H,1H2,2-3H3;2-42H,1H2. The SMILES string of the molecule is C=Cc1ccccc1-c1ccc2c(c1)C1(c3ccccc3-c3ccc(-c4cccc(N(c5ccc(-c6ccccc6)cc5)c5ccc(-c6ccccc6)cc5)c4)cc31)c1ccccc1-2.C=Cc1ccccc1-c1ccc2c(c1)C1(c3ccccc3-c3ccc(-c4cccc(N(c5ccc(-c6ccccc6)cc5)c5ccc6c(c5)C(C)(C)c5ccccc5-6)c4)cc31)c1ccccc1-2. The number of rotatable bonds is 15. The van der Waals surface area contributed by atoms with Gasteiger partial charge in [-0.3, -0.25) is 0 Å². The molecule has 2 atom stereocenters. The lowest BCUT2D eigenvalue weighted by Crippen LogP contribution is -2.26. The maximum Gasteiger partial charge on any atom is 0.0725 e. The van der Waals surface area contributed by atoms with Gasteiger partial charge in [0.15, 0.2) is 0 Å². The van der Waals surface area contributed by atoms with Gasteiger partial charge in [0.1, 0.15) is 0 Å². The van der Waals surface area contributed by atoms with E-state index >= 15 is 0 Å². The Kier molecular flexibility index (Phi) is 18.8. The predicted octanol–water partition coefficient (Wildman–Crippen LogP) is 34.3. The monoisotopic (exact) mass is 1670 g/mol. The van der Waals surface area contributed by atoms with Crippen molar-refractivity contribution in [1.29, 1.82) is 0 Å². The van der Waals surface area contributed by atoms with E-state index in [-0.39, 0.29) is 5.41 Å². The van der Waals surface area contributed by atoms with Crippen molar-refractivity contribution in [3.8, 4) is 134 Å². The highest BCUT2D eigenvalue weighted by Gasteiger charge is 2.54. The van der Waals surface area contributed by atoms with Gasteiger partial charge >= 0.3 is 0 Å². The van der Waals surface area contributed by atoms with Crippen molar-refractivity contribution in [3.05, 3.63) is 553 Å². The molecule has 2 spiro atoms. The molecule has 0 aliphatic heterocycles. The van der Waals surface area contributed by atoms with E-state index in [4.69, 9.17) is 0 Å². The molecule has 2 heteroatoms. The molecule has 0 saturated heterocycles. The molecule has 0 N–H and O–H groups in total. The van der Waals surface area contributed by atoms with Crippen molar-refractivity contribution in [2.24, 2.45) is 0 Å². The number of hydrogen-bond acceptors (Lipinski definition) is 2.